The molecule has 0 aliphatic heterocycles. The first-order chi connectivity index (χ1) is 9.24. The van der Waals surface area contributed by atoms with E-state index >= 15 is 0 Å². The van der Waals surface area contributed by atoms with Gasteiger partial charge in [0.15, 0.2) is 0 Å². The summed E-state index contributed by atoms with van der Waals surface area (Å²) in [6, 6.07) is 11.0. The van der Waals surface area contributed by atoms with Gasteiger partial charge in [-0.3, -0.25) is 4.79 Å². The molecule has 3 rings (SSSR count). The van der Waals surface area contributed by atoms with Crippen LogP contribution < -0.4 is 5.32 Å². The average molecular weight is 316 g/mol. The Balaban J connectivity index is 1.94. The molecule has 0 bridgehead atoms. The minimum atomic E-state index is -0.171. The lowest BCUT2D eigenvalue weighted by molar-refractivity contribution is 0.102. The number of anilines is 1. The van der Waals surface area contributed by atoms with Crippen LogP contribution in [0.5, 0.6) is 0 Å². The van der Waals surface area contributed by atoms with Gasteiger partial charge in [0.05, 0.1) is 0 Å². The fraction of sp³-hybridized carbons (Fsp3) is 0. The number of carbonyl (C=O) groups is 1. The molecule has 0 spiro atoms. The smallest absolute Gasteiger partial charge is 0.257 e. The van der Waals surface area contributed by atoms with E-state index in [-0.39, 0.29) is 5.91 Å². The molecule has 19 heavy (non-hydrogen) atoms. The molecular formula is C14H10BrN3O. The molecule has 0 radical (unpaired) electrons. The van der Waals surface area contributed by atoms with E-state index in [4.69, 9.17) is 0 Å². The van der Waals surface area contributed by atoms with Gasteiger partial charge in [0, 0.05) is 33.3 Å². The number of rotatable bonds is 2. The maximum absolute atomic E-state index is 12.3. The SMILES string of the molecule is O=C(Nc1cc(Br)ccn1)c1cccc2[nH]ccc12. The third kappa shape index (κ3) is 2.37. The van der Waals surface area contributed by atoms with Gasteiger partial charge < -0.3 is 10.3 Å². The van der Waals surface area contributed by atoms with Crippen LogP contribution in [0.1, 0.15) is 10.4 Å². The molecule has 0 aliphatic rings. The summed E-state index contributed by atoms with van der Waals surface area (Å²) in [5.74, 6) is 0.350. The van der Waals surface area contributed by atoms with Crippen LogP contribution in [-0.2, 0) is 0 Å². The Hall–Kier alpha value is -2.14. The largest absolute Gasteiger partial charge is 0.361 e. The predicted molar refractivity (Wildman–Crippen MR) is 78.2 cm³/mol. The van der Waals surface area contributed by atoms with E-state index in [0.717, 1.165) is 15.4 Å². The van der Waals surface area contributed by atoms with Crippen LogP contribution in [-0.4, -0.2) is 15.9 Å². The van der Waals surface area contributed by atoms with Crippen molar-refractivity contribution in [2.24, 2.45) is 0 Å². The molecule has 2 N–H and O–H groups in total. The Labute approximate surface area is 118 Å². The maximum Gasteiger partial charge on any atom is 0.257 e. The van der Waals surface area contributed by atoms with E-state index in [9.17, 15) is 4.79 Å². The Kier molecular flexibility index (Phi) is 3.05. The number of fused-ring (bicyclic) bond motifs is 1. The number of nitrogens with one attached hydrogen (secondary N) is 2. The minimum absolute atomic E-state index is 0.171. The normalized spacial score (nSPS) is 10.6. The fourth-order valence-corrected chi connectivity index (χ4v) is 2.28. The van der Waals surface area contributed by atoms with Crippen molar-refractivity contribution in [2.75, 3.05) is 5.32 Å². The molecule has 5 heteroatoms. The molecular weight excluding hydrogens is 306 g/mol. The third-order valence-electron chi connectivity index (χ3n) is 2.80. The lowest BCUT2D eigenvalue weighted by atomic mass is 10.1. The van der Waals surface area contributed by atoms with Crippen LogP contribution in [0, 0.1) is 0 Å². The van der Waals surface area contributed by atoms with E-state index in [0.29, 0.717) is 11.4 Å². The summed E-state index contributed by atoms with van der Waals surface area (Å²) in [5, 5.41) is 3.69. The summed E-state index contributed by atoms with van der Waals surface area (Å²) < 4.78 is 0.873. The van der Waals surface area contributed by atoms with Crippen LogP contribution in [0.3, 0.4) is 0 Å². The first kappa shape index (κ1) is 11.9. The van der Waals surface area contributed by atoms with E-state index in [1.165, 1.54) is 0 Å². The monoisotopic (exact) mass is 315 g/mol. The molecule has 4 nitrogen and oxygen atoms in total. The van der Waals surface area contributed by atoms with Crippen molar-refractivity contribution < 1.29 is 4.79 Å². The molecule has 0 aliphatic carbocycles. The lowest BCUT2D eigenvalue weighted by Gasteiger charge is -2.05. The van der Waals surface area contributed by atoms with Gasteiger partial charge in [-0.1, -0.05) is 22.0 Å². The second-order valence-electron chi connectivity index (χ2n) is 4.06. The number of halogens is 1. The second-order valence-corrected chi connectivity index (χ2v) is 4.97. The van der Waals surface area contributed by atoms with Crippen LogP contribution in [0.4, 0.5) is 5.82 Å². The van der Waals surface area contributed by atoms with Gasteiger partial charge in [-0.05, 0) is 30.3 Å². The number of hydrogen-bond acceptors (Lipinski definition) is 2. The van der Waals surface area contributed by atoms with Gasteiger partial charge >= 0.3 is 0 Å². The van der Waals surface area contributed by atoms with E-state index < -0.39 is 0 Å². The van der Waals surface area contributed by atoms with Crippen molar-refractivity contribution in [3.63, 3.8) is 0 Å². The maximum atomic E-state index is 12.3. The molecule has 0 saturated carbocycles. The number of hydrogen-bond donors (Lipinski definition) is 2. The first-order valence-corrected chi connectivity index (χ1v) is 6.52. The number of pyridine rings is 1. The molecule has 0 fully saturated rings. The third-order valence-corrected chi connectivity index (χ3v) is 3.30. The van der Waals surface area contributed by atoms with Crippen molar-refractivity contribution in [1.82, 2.24) is 9.97 Å². The van der Waals surface area contributed by atoms with Crippen molar-refractivity contribution in [1.29, 1.82) is 0 Å². The summed E-state index contributed by atoms with van der Waals surface area (Å²) >= 11 is 3.35. The molecule has 0 saturated heterocycles. The number of carbonyl (C=O) groups excluding carboxylic acids is 1. The van der Waals surface area contributed by atoms with Gasteiger partial charge in [0.2, 0.25) is 0 Å². The lowest BCUT2D eigenvalue weighted by Crippen LogP contribution is -2.13. The summed E-state index contributed by atoms with van der Waals surface area (Å²) in [7, 11) is 0. The number of benzene rings is 1. The van der Waals surface area contributed by atoms with E-state index in [1.54, 1.807) is 18.3 Å². The van der Waals surface area contributed by atoms with Crippen molar-refractivity contribution in [2.45, 2.75) is 0 Å². The summed E-state index contributed by atoms with van der Waals surface area (Å²) in [6.07, 6.45) is 3.45. The second kappa shape index (κ2) is 4.85. The number of nitrogens with zero attached hydrogens (tertiary/aromatic N) is 1. The molecule has 2 heterocycles. The van der Waals surface area contributed by atoms with Gasteiger partial charge in [-0.2, -0.15) is 0 Å². The van der Waals surface area contributed by atoms with Crippen molar-refractivity contribution >= 4 is 38.6 Å². The highest BCUT2D eigenvalue weighted by atomic mass is 79.9. The topological polar surface area (TPSA) is 57.8 Å². The Morgan fingerprint density at radius 3 is 3.00 bits per heavy atom. The van der Waals surface area contributed by atoms with Crippen molar-refractivity contribution in [3.05, 3.63) is 58.8 Å². The minimum Gasteiger partial charge on any atom is -0.361 e. The zero-order valence-electron chi connectivity index (χ0n) is 9.85. The number of aromatic amines is 1. The zero-order chi connectivity index (χ0) is 13.2. The number of aromatic nitrogens is 2. The average Bonchev–Trinajstić information content (AvgIpc) is 2.86. The van der Waals surface area contributed by atoms with Crippen LogP contribution in [0.2, 0.25) is 0 Å². The Morgan fingerprint density at radius 1 is 1.26 bits per heavy atom. The van der Waals surface area contributed by atoms with Gasteiger partial charge in [0.25, 0.3) is 5.91 Å². The summed E-state index contributed by atoms with van der Waals surface area (Å²) in [4.78, 5) is 19.4. The van der Waals surface area contributed by atoms with E-state index in [2.05, 4.69) is 31.2 Å². The quantitative estimate of drug-likeness (QED) is 0.759. The van der Waals surface area contributed by atoms with Crippen LogP contribution in [0.25, 0.3) is 10.9 Å². The molecule has 1 aromatic carbocycles. The Bertz CT molecular complexity index is 751. The fourth-order valence-electron chi connectivity index (χ4n) is 1.94. The number of amides is 1. The standard InChI is InChI=1S/C14H10BrN3O/c15-9-4-6-17-13(8-9)18-14(19)11-2-1-3-12-10(11)5-7-16-12/h1-8,16H,(H,17,18,19). The predicted octanol–water partition coefficient (Wildman–Crippen LogP) is 3.58. The van der Waals surface area contributed by atoms with Crippen LogP contribution >= 0.6 is 15.9 Å². The van der Waals surface area contributed by atoms with Crippen molar-refractivity contribution in [3.8, 4) is 0 Å². The molecule has 0 atom stereocenters. The molecule has 1 amide bonds. The number of H-pyrrole nitrogens is 1. The molecule has 94 valence electrons. The highest BCUT2D eigenvalue weighted by molar-refractivity contribution is 9.10. The van der Waals surface area contributed by atoms with Crippen LogP contribution in [0.15, 0.2) is 53.3 Å². The molecule has 2 aromatic heterocycles. The highest BCUT2D eigenvalue weighted by Crippen LogP contribution is 2.19. The summed E-state index contributed by atoms with van der Waals surface area (Å²) in [5.41, 5.74) is 1.57. The first-order valence-electron chi connectivity index (χ1n) is 5.73. The zero-order valence-corrected chi connectivity index (χ0v) is 11.4. The van der Waals surface area contributed by atoms with Gasteiger partial charge in [0.1, 0.15) is 5.82 Å². The summed E-state index contributed by atoms with van der Waals surface area (Å²) in [6.45, 7) is 0. The molecule has 3 aromatic rings. The van der Waals surface area contributed by atoms with Gasteiger partial charge in [-0.25, -0.2) is 4.98 Å². The highest BCUT2D eigenvalue weighted by Gasteiger charge is 2.11. The Morgan fingerprint density at radius 2 is 2.16 bits per heavy atom. The molecule has 0 unspecified atom stereocenters. The van der Waals surface area contributed by atoms with Gasteiger partial charge in [-0.15, -0.1) is 0 Å². The van der Waals surface area contributed by atoms with E-state index in [1.807, 2.05) is 30.5 Å².